The SMILES string of the molecule is COC(=O)C(C)(O)COc1ccc(C)cc1[N+](=O)[O-]. The smallest absolute Gasteiger partial charge is 0.341 e. The van der Waals surface area contributed by atoms with E-state index < -0.39 is 23.1 Å². The van der Waals surface area contributed by atoms with Crippen molar-refractivity contribution in [2.45, 2.75) is 19.4 Å². The van der Waals surface area contributed by atoms with E-state index in [1.807, 2.05) is 0 Å². The minimum Gasteiger partial charge on any atom is -0.483 e. The summed E-state index contributed by atoms with van der Waals surface area (Å²) in [7, 11) is 1.13. The predicted octanol–water partition coefficient (Wildman–Crippen LogP) is 1.21. The van der Waals surface area contributed by atoms with Crippen molar-refractivity contribution in [2.24, 2.45) is 0 Å². The van der Waals surface area contributed by atoms with Gasteiger partial charge in [0.05, 0.1) is 12.0 Å². The molecule has 0 amide bonds. The molecule has 0 spiro atoms. The van der Waals surface area contributed by atoms with Crippen LogP contribution in [0.1, 0.15) is 12.5 Å². The van der Waals surface area contributed by atoms with Crippen molar-refractivity contribution in [1.29, 1.82) is 0 Å². The van der Waals surface area contributed by atoms with Gasteiger partial charge in [0.25, 0.3) is 0 Å². The Kier molecular flexibility index (Phi) is 4.44. The number of aryl methyl sites for hydroxylation is 1. The molecule has 1 aromatic carbocycles. The topological polar surface area (TPSA) is 98.9 Å². The average Bonchev–Trinajstić information content (AvgIpc) is 2.36. The van der Waals surface area contributed by atoms with E-state index in [9.17, 15) is 20.0 Å². The molecule has 0 bridgehead atoms. The second kappa shape index (κ2) is 5.66. The maximum absolute atomic E-state index is 11.2. The molecular weight excluding hydrogens is 254 g/mol. The number of aliphatic hydroxyl groups is 1. The third-order valence-electron chi connectivity index (χ3n) is 2.45. The van der Waals surface area contributed by atoms with Gasteiger partial charge in [-0.3, -0.25) is 10.1 Å². The number of hydrogen-bond acceptors (Lipinski definition) is 6. The van der Waals surface area contributed by atoms with Crippen molar-refractivity contribution < 1.29 is 24.3 Å². The first-order chi connectivity index (χ1) is 8.77. The zero-order valence-corrected chi connectivity index (χ0v) is 10.9. The Balaban J connectivity index is 2.89. The molecule has 0 heterocycles. The van der Waals surface area contributed by atoms with Gasteiger partial charge in [0, 0.05) is 6.07 Å². The Labute approximate surface area is 109 Å². The van der Waals surface area contributed by atoms with Gasteiger partial charge in [0.2, 0.25) is 0 Å². The Morgan fingerprint density at radius 1 is 1.53 bits per heavy atom. The number of benzene rings is 1. The first-order valence-electron chi connectivity index (χ1n) is 5.46. The lowest BCUT2D eigenvalue weighted by molar-refractivity contribution is -0.386. The summed E-state index contributed by atoms with van der Waals surface area (Å²) in [4.78, 5) is 21.5. The third-order valence-corrected chi connectivity index (χ3v) is 2.45. The first kappa shape index (κ1) is 14.9. The van der Waals surface area contributed by atoms with Crippen molar-refractivity contribution in [3.63, 3.8) is 0 Å². The van der Waals surface area contributed by atoms with E-state index in [-0.39, 0.29) is 11.4 Å². The van der Waals surface area contributed by atoms with Crippen molar-refractivity contribution in [1.82, 2.24) is 0 Å². The largest absolute Gasteiger partial charge is 0.483 e. The van der Waals surface area contributed by atoms with Crippen molar-refractivity contribution in [2.75, 3.05) is 13.7 Å². The monoisotopic (exact) mass is 269 g/mol. The van der Waals surface area contributed by atoms with Crippen LogP contribution in [0.4, 0.5) is 5.69 Å². The van der Waals surface area contributed by atoms with Crippen LogP contribution in [0.2, 0.25) is 0 Å². The highest BCUT2D eigenvalue weighted by molar-refractivity contribution is 5.78. The minimum atomic E-state index is -1.87. The predicted molar refractivity (Wildman–Crippen MR) is 66.0 cm³/mol. The van der Waals surface area contributed by atoms with Gasteiger partial charge >= 0.3 is 11.7 Å². The fourth-order valence-corrected chi connectivity index (χ4v) is 1.39. The summed E-state index contributed by atoms with van der Waals surface area (Å²) in [5.41, 5.74) is -1.38. The Hall–Kier alpha value is -2.15. The normalized spacial score (nSPS) is 13.5. The number of rotatable bonds is 5. The number of ether oxygens (including phenoxy) is 2. The Bertz CT molecular complexity index is 497. The molecule has 0 fully saturated rings. The number of nitrogens with zero attached hydrogens (tertiary/aromatic N) is 1. The van der Waals surface area contributed by atoms with Crippen LogP contribution in [0.5, 0.6) is 5.75 Å². The Morgan fingerprint density at radius 2 is 2.16 bits per heavy atom. The fourth-order valence-electron chi connectivity index (χ4n) is 1.39. The molecule has 0 saturated carbocycles. The van der Waals surface area contributed by atoms with Gasteiger partial charge in [-0.1, -0.05) is 6.07 Å². The van der Waals surface area contributed by atoms with Gasteiger partial charge in [0.1, 0.15) is 6.61 Å². The van der Waals surface area contributed by atoms with E-state index in [1.165, 1.54) is 19.1 Å². The van der Waals surface area contributed by atoms with E-state index in [4.69, 9.17) is 4.74 Å². The lowest BCUT2D eigenvalue weighted by Crippen LogP contribution is -2.42. The lowest BCUT2D eigenvalue weighted by Gasteiger charge is -2.20. The zero-order chi connectivity index (χ0) is 14.6. The highest BCUT2D eigenvalue weighted by atomic mass is 16.6. The second-order valence-electron chi connectivity index (χ2n) is 4.28. The maximum Gasteiger partial charge on any atom is 0.341 e. The van der Waals surface area contributed by atoms with Gasteiger partial charge < -0.3 is 14.6 Å². The van der Waals surface area contributed by atoms with E-state index in [0.717, 1.165) is 7.11 Å². The highest BCUT2D eigenvalue weighted by Gasteiger charge is 2.33. The van der Waals surface area contributed by atoms with E-state index in [1.54, 1.807) is 13.0 Å². The van der Waals surface area contributed by atoms with Gasteiger partial charge in [-0.05, 0) is 25.5 Å². The van der Waals surface area contributed by atoms with Crippen LogP contribution in [0.25, 0.3) is 0 Å². The number of methoxy groups -OCH3 is 1. The zero-order valence-electron chi connectivity index (χ0n) is 10.9. The minimum absolute atomic E-state index is 0.0141. The van der Waals surface area contributed by atoms with Gasteiger partial charge in [-0.2, -0.15) is 0 Å². The number of nitro benzene ring substituents is 1. The summed E-state index contributed by atoms with van der Waals surface area (Å²) < 4.78 is 9.55. The van der Waals surface area contributed by atoms with E-state index in [0.29, 0.717) is 5.56 Å². The first-order valence-corrected chi connectivity index (χ1v) is 5.46. The second-order valence-corrected chi connectivity index (χ2v) is 4.28. The summed E-state index contributed by atoms with van der Waals surface area (Å²) >= 11 is 0. The molecule has 1 atom stereocenters. The number of hydrogen-bond donors (Lipinski definition) is 1. The Morgan fingerprint density at radius 3 is 2.68 bits per heavy atom. The molecule has 0 radical (unpaired) electrons. The molecule has 0 aromatic heterocycles. The van der Waals surface area contributed by atoms with Crippen LogP contribution in [-0.2, 0) is 9.53 Å². The standard InChI is InChI=1S/C12H15NO6/c1-8-4-5-10(9(6-8)13(16)17)19-7-12(2,15)11(14)18-3/h4-6,15H,7H2,1-3H3. The van der Waals surface area contributed by atoms with Crippen LogP contribution in [0.15, 0.2) is 18.2 Å². The number of esters is 1. The van der Waals surface area contributed by atoms with Gasteiger partial charge in [-0.15, -0.1) is 0 Å². The molecule has 19 heavy (non-hydrogen) atoms. The van der Waals surface area contributed by atoms with Crippen molar-refractivity contribution >= 4 is 11.7 Å². The van der Waals surface area contributed by atoms with Crippen LogP contribution in [0.3, 0.4) is 0 Å². The molecular formula is C12H15NO6. The molecule has 0 aliphatic carbocycles. The molecule has 0 saturated heterocycles. The summed E-state index contributed by atoms with van der Waals surface area (Å²) in [6, 6.07) is 4.40. The molecule has 7 nitrogen and oxygen atoms in total. The molecule has 1 unspecified atom stereocenters. The lowest BCUT2D eigenvalue weighted by atomic mass is 10.1. The molecule has 7 heteroatoms. The summed E-state index contributed by atoms with van der Waals surface area (Å²) in [5.74, 6) is -0.887. The number of nitro groups is 1. The molecule has 0 aliphatic rings. The molecule has 1 aromatic rings. The molecule has 1 rings (SSSR count). The maximum atomic E-state index is 11.2. The van der Waals surface area contributed by atoms with Crippen LogP contribution in [-0.4, -0.2) is 35.3 Å². The summed E-state index contributed by atoms with van der Waals surface area (Å²) in [6.07, 6.45) is 0. The quantitative estimate of drug-likeness (QED) is 0.490. The third kappa shape index (κ3) is 3.65. The van der Waals surface area contributed by atoms with Gasteiger partial charge in [0.15, 0.2) is 11.4 Å². The van der Waals surface area contributed by atoms with E-state index in [2.05, 4.69) is 4.74 Å². The molecule has 104 valence electrons. The summed E-state index contributed by atoms with van der Waals surface area (Å²) in [5, 5.41) is 20.6. The highest BCUT2D eigenvalue weighted by Crippen LogP contribution is 2.28. The van der Waals surface area contributed by atoms with Gasteiger partial charge in [-0.25, -0.2) is 4.79 Å². The average molecular weight is 269 g/mol. The van der Waals surface area contributed by atoms with Crippen molar-refractivity contribution in [3.05, 3.63) is 33.9 Å². The van der Waals surface area contributed by atoms with E-state index >= 15 is 0 Å². The number of carbonyl (C=O) groups is 1. The van der Waals surface area contributed by atoms with Crippen LogP contribution in [0, 0.1) is 17.0 Å². The fraction of sp³-hybridized carbons (Fsp3) is 0.417. The number of carbonyl (C=O) groups excluding carboxylic acids is 1. The van der Waals surface area contributed by atoms with Crippen LogP contribution < -0.4 is 4.74 Å². The van der Waals surface area contributed by atoms with Crippen molar-refractivity contribution in [3.8, 4) is 5.75 Å². The summed E-state index contributed by atoms with van der Waals surface area (Å²) in [6.45, 7) is 2.48. The molecule has 1 N–H and O–H groups in total. The molecule has 0 aliphatic heterocycles. The van der Waals surface area contributed by atoms with Crippen LogP contribution >= 0.6 is 0 Å².